The summed E-state index contributed by atoms with van der Waals surface area (Å²) in [5.74, 6) is 0. The SMILES string of the molecule is CC.CCCC.CCCN(C)CCC.CN1CCCCC1.CN1CCCCC1. The van der Waals surface area contributed by atoms with E-state index in [2.05, 4.69) is 63.5 Å². The van der Waals surface area contributed by atoms with Crippen LogP contribution in [0.5, 0.6) is 0 Å². The van der Waals surface area contributed by atoms with Gasteiger partial charge in [-0.2, -0.15) is 0 Å². The van der Waals surface area contributed by atoms with Gasteiger partial charge in [0.2, 0.25) is 0 Å². The number of unbranched alkanes of at least 4 members (excludes halogenated alkanes) is 1. The molecule has 0 spiro atoms. The van der Waals surface area contributed by atoms with Gasteiger partial charge in [-0.1, -0.05) is 67.2 Å². The first-order valence-electron chi connectivity index (χ1n) is 12.6. The number of piperidine rings is 2. The first kappa shape index (κ1) is 32.5. The summed E-state index contributed by atoms with van der Waals surface area (Å²) >= 11 is 0. The second kappa shape index (κ2) is 29.1. The topological polar surface area (TPSA) is 9.72 Å². The van der Waals surface area contributed by atoms with Crippen LogP contribution in [0.4, 0.5) is 0 Å². The number of hydrogen-bond acceptors (Lipinski definition) is 3. The molecule has 0 amide bonds. The monoisotopic (exact) mass is 401 g/mol. The van der Waals surface area contributed by atoms with Crippen LogP contribution in [0.1, 0.15) is 106 Å². The van der Waals surface area contributed by atoms with Crippen LogP contribution in [0.3, 0.4) is 0 Å². The molecule has 2 saturated heterocycles. The quantitative estimate of drug-likeness (QED) is 0.503. The van der Waals surface area contributed by atoms with Gasteiger partial charge in [0.15, 0.2) is 0 Å². The Bertz CT molecular complexity index is 210. The highest BCUT2D eigenvalue weighted by Crippen LogP contribution is 2.05. The molecule has 2 aliphatic rings. The normalized spacial score (nSPS) is 16.9. The fourth-order valence-electron chi connectivity index (χ4n) is 2.98. The zero-order valence-corrected chi connectivity index (χ0v) is 21.7. The van der Waals surface area contributed by atoms with Crippen LogP contribution < -0.4 is 0 Å². The van der Waals surface area contributed by atoms with Gasteiger partial charge in [0.05, 0.1) is 0 Å². The molecule has 0 aromatic carbocycles. The minimum atomic E-state index is 1.24. The number of hydrogen-bond donors (Lipinski definition) is 0. The molecule has 2 aliphatic heterocycles. The Labute approximate surface area is 181 Å². The predicted molar refractivity (Wildman–Crippen MR) is 133 cm³/mol. The van der Waals surface area contributed by atoms with Gasteiger partial charge >= 0.3 is 0 Å². The fraction of sp³-hybridized carbons (Fsp3) is 1.00. The molecule has 0 aromatic heterocycles. The summed E-state index contributed by atoms with van der Waals surface area (Å²) in [6.07, 6.45) is 13.7. The van der Waals surface area contributed by atoms with E-state index in [0.717, 1.165) is 0 Å². The summed E-state index contributed by atoms with van der Waals surface area (Å²) < 4.78 is 0. The van der Waals surface area contributed by atoms with Crippen molar-refractivity contribution in [3.05, 3.63) is 0 Å². The van der Waals surface area contributed by atoms with Crippen molar-refractivity contribution in [3.8, 4) is 0 Å². The van der Waals surface area contributed by atoms with Crippen molar-refractivity contribution >= 4 is 0 Å². The van der Waals surface area contributed by atoms with E-state index in [1.54, 1.807) is 0 Å². The van der Waals surface area contributed by atoms with E-state index in [4.69, 9.17) is 0 Å². The van der Waals surface area contributed by atoms with E-state index in [-0.39, 0.29) is 0 Å². The lowest BCUT2D eigenvalue weighted by molar-refractivity contribution is 0.277. The number of nitrogens with zero attached hydrogens (tertiary/aromatic N) is 3. The van der Waals surface area contributed by atoms with Crippen LogP contribution in [0.25, 0.3) is 0 Å². The van der Waals surface area contributed by atoms with Crippen molar-refractivity contribution in [2.24, 2.45) is 0 Å². The van der Waals surface area contributed by atoms with E-state index >= 15 is 0 Å². The summed E-state index contributed by atoms with van der Waals surface area (Å²) in [5, 5.41) is 0. The molecular weight excluding hydrogens is 342 g/mol. The number of rotatable bonds is 5. The van der Waals surface area contributed by atoms with Gasteiger partial charge in [-0.15, -0.1) is 0 Å². The Kier molecular flexibility index (Phi) is 33.8. The zero-order chi connectivity index (χ0) is 22.0. The van der Waals surface area contributed by atoms with Gasteiger partial charge < -0.3 is 14.7 Å². The summed E-state index contributed by atoms with van der Waals surface area (Å²) in [5.41, 5.74) is 0. The summed E-state index contributed by atoms with van der Waals surface area (Å²) in [7, 11) is 6.56. The van der Waals surface area contributed by atoms with E-state index in [0.29, 0.717) is 0 Å². The molecule has 3 heteroatoms. The van der Waals surface area contributed by atoms with E-state index < -0.39 is 0 Å². The fourth-order valence-corrected chi connectivity index (χ4v) is 2.98. The highest BCUT2D eigenvalue weighted by Gasteiger charge is 2.03. The van der Waals surface area contributed by atoms with E-state index in [9.17, 15) is 0 Å². The molecule has 0 N–H and O–H groups in total. The largest absolute Gasteiger partial charge is 0.306 e. The second-order valence-electron chi connectivity index (χ2n) is 8.03. The third-order valence-corrected chi connectivity index (χ3v) is 4.87. The molecule has 3 nitrogen and oxygen atoms in total. The summed E-state index contributed by atoms with van der Waals surface area (Å²) in [6.45, 7) is 20.6. The highest BCUT2D eigenvalue weighted by molar-refractivity contribution is 4.58. The smallest absolute Gasteiger partial charge is 0.00218 e. The van der Waals surface area contributed by atoms with Crippen molar-refractivity contribution < 1.29 is 0 Å². The molecule has 2 heterocycles. The van der Waals surface area contributed by atoms with Crippen LogP contribution in [0, 0.1) is 0 Å². The minimum Gasteiger partial charge on any atom is -0.306 e. The zero-order valence-electron chi connectivity index (χ0n) is 21.7. The molecule has 28 heavy (non-hydrogen) atoms. The molecule has 0 bridgehead atoms. The molecular formula is C25H59N3. The Morgan fingerprint density at radius 1 is 0.536 bits per heavy atom. The lowest BCUT2D eigenvalue weighted by Gasteiger charge is -2.20. The van der Waals surface area contributed by atoms with Crippen LogP contribution in [0.15, 0.2) is 0 Å². The van der Waals surface area contributed by atoms with Crippen molar-refractivity contribution in [3.63, 3.8) is 0 Å². The molecule has 2 rings (SSSR count). The standard InChI is InChI=1S/C7H17N.2C6H13N.C4H10.C2H6/c1-4-6-8(3)7-5-2;2*1-7-5-3-2-4-6-7;1-3-4-2;1-2/h4-7H2,1-3H3;2*2-6H2,1H3;3-4H2,1-2H3;1-2H3. The first-order valence-corrected chi connectivity index (χ1v) is 12.6. The average Bonchev–Trinajstić information content (AvgIpc) is 2.72. The Balaban J connectivity index is -0.000000295. The van der Waals surface area contributed by atoms with Gasteiger partial charge in [-0.05, 0) is 98.9 Å². The lowest BCUT2D eigenvalue weighted by atomic mass is 10.1. The van der Waals surface area contributed by atoms with Crippen molar-refractivity contribution in [1.82, 2.24) is 14.7 Å². The van der Waals surface area contributed by atoms with Gasteiger partial charge in [0.25, 0.3) is 0 Å². The van der Waals surface area contributed by atoms with Gasteiger partial charge in [0.1, 0.15) is 0 Å². The van der Waals surface area contributed by atoms with Gasteiger partial charge in [0, 0.05) is 0 Å². The van der Waals surface area contributed by atoms with E-state index in [1.807, 2.05) is 13.8 Å². The van der Waals surface area contributed by atoms with Gasteiger partial charge in [-0.3, -0.25) is 0 Å². The lowest BCUT2D eigenvalue weighted by Crippen LogP contribution is -2.24. The predicted octanol–water partition coefficient (Wildman–Crippen LogP) is 6.78. The third kappa shape index (κ3) is 30.6. The Morgan fingerprint density at radius 3 is 0.964 bits per heavy atom. The maximum Gasteiger partial charge on any atom is -0.00218 e. The maximum absolute atomic E-state index is 2.39. The average molecular weight is 402 g/mol. The van der Waals surface area contributed by atoms with Crippen LogP contribution in [-0.4, -0.2) is 75.1 Å². The highest BCUT2D eigenvalue weighted by atomic mass is 15.1. The third-order valence-electron chi connectivity index (χ3n) is 4.87. The van der Waals surface area contributed by atoms with E-state index in [1.165, 1.54) is 103 Å². The molecule has 174 valence electrons. The maximum atomic E-state index is 2.39. The Morgan fingerprint density at radius 2 is 0.821 bits per heavy atom. The Hall–Kier alpha value is -0.120. The van der Waals surface area contributed by atoms with Crippen molar-refractivity contribution in [2.45, 2.75) is 106 Å². The first-order chi connectivity index (χ1) is 13.5. The molecule has 0 saturated carbocycles. The molecule has 2 fully saturated rings. The molecule has 0 aromatic rings. The molecule has 0 unspecified atom stereocenters. The number of likely N-dealkylation sites (tertiary alicyclic amines) is 2. The van der Waals surface area contributed by atoms with Crippen molar-refractivity contribution in [1.29, 1.82) is 0 Å². The van der Waals surface area contributed by atoms with Crippen molar-refractivity contribution in [2.75, 3.05) is 60.4 Å². The van der Waals surface area contributed by atoms with Crippen LogP contribution in [-0.2, 0) is 0 Å². The summed E-state index contributed by atoms with van der Waals surface area (Å²) in [4.78, 5) is 7.15. The van der Waals surface area contributed by atoms with Gasteiger partial charge in [-0.25, -0.2) is 0 Å². The molecule has 0 radical (unpaired) electrons. The second-order valence-corrected chi connectivity index (χ2v) is 8.03. The van der Waals surface area contributed by atoms with Crippen LogP contribution >= 0.6 is 0 Å². The summed E-state index contributed by atoms with van der Waals surface area (Å²) in [6, 6.07) is 0. The molecule has 0 atom stereocenters. The van der Waals surface area contributed by atoms with Crippen LogP contribution in [0.2, 0.25) is 0 Å². The minimum absolute atomic E-state index is 1.24. The molecule has 0 aliphatic carbocycles.